The van der Waals surface area contributed by atoms with E-state index in [1.54, 1.807) is 12.1 Å². The van der Waals surface area contributed by atoms with Crippen molar-refractivity contribution in [3.63, 3.8) is 0 Å². The Bertz CT molecular complexity index is 566. The van der Waals surface area contributed by atoms with Crippen LogP contribution in [0.5, 0.6) is 0 Å². The number of fused-ring (bicyclic) bond motifs is 2. The van der Waals surface area contributed by atoms with Gasteiger partial charge in [-0.2, -0.15) is 0 Å². The summed E-state index contributed by atoms with van der Waals surface area (Å²) in [6.45, 7) is 3.42. The van der Waals surface area contributed by atoms with Gasteiger partial charge in [0.25, 0.3) is 11.8 Å². The first-order valence-corrected chi connectivity index (χ1v) is 7.65. The summed E-state index contributed by atoms with van der Waals surface area (Å²) in [5.74, 6) is 0.362. The standard InChI is InChI=1S/C16H19N3O2/c20-15-12-5-1-2-6-13(12)16(21)19(15)10-18-7-3-4-11-8-17-9-14(11)18/h1-2,5-6,11,14,17H,3-4,7-10H2. The third kappa shape index (κ3) is 2.00. The Hall–Kier alpha value is -1.72. The summed E-state index contributed by atoms with van der Waals surface area (Å²) >= 11 is 0. The van der Waals surface area contributed by atoms with E-state index in [0.717, 1.165) is 26.1 Å². The SMILES string of the molecule is O=C1c2ccccc2C(=O)N1CN1CCCC2CNCC21. The van der Waals surface area contributed by atoms with Crippen LogP contribution in [0.4, 0.5) is 0 Å². The van der Waals surface area contributed by atoms with Gasteiger partial charge in [-0.05, 0) is 37.4 Å². The Morgan fingerprint density at radius 1 is 1.10 bits per heavy atom. The first kappa shape index (κ1) is 13.0. The number of hydrogen-bond acceptors (Lipinski definition) is 4. The Kier molecular flexibility index (Phi) is 3.05. The highest BCUT2D eigenvalue weighted by Crippen LogP contribution is 2.28. The average Bonchev–Trinajstić information content (AvgIpc) is 3.08. The third-order valence-electron chi connectivity index (χ3n) is 4.99. The first-order chi connectivity index (χ1) is 10.3. The van der Waals surface area contributed by atoms with Gasteiger partial charge >= 0.3 is 0 Å². The second-order valence-corrected chi connectivity index (χ2v) is 6.17. The van der Waals surface area contributed by atoms with Crippen LogP contribution in [-0.2, 0) is 0 Å². The maximum absolute atomic E-state index is 12.4. The number of amides is 2. The first-order valence-electron chi connectivity index (χ1n) is 7.65. The van der Waals surface area contributed by atoms with Gasteiger partial charge in [0.05, 0.1) is 17.8 Å². The summed E-state index contributed by atoms with van der Waals surface area (Å²) in [5, 5.41) is 3.43. The van der Waals surface area contributed by atoms with E-state index in [0.29, 0.717) is 29.8 Å². The number of benzene rings is 1. The molecule has 0 radical (unpaired) electrons. The van der Waals surface area contributed by atoms with Crippen LogP contribution >= 0.6 is 0 Å². The molecule has 0 bridgehead atoms. The summed E-state index contributed by atoms with van der Waals surface area (Å²) < 4.78 is 0. The summed E-state index contributed by atoms with van der Waals surface area (Å²) in [7, 11) is 0. The minimum Gasteiger partial charge on any atom is -0.315 e. The maximum atomic E-state index is 12.4. The molecule has 0 aromatic heterocycles. The molecular formula is C16H19N3O2. The lowest BCUT2D eigenvalue weighted by atomic mass is 9.92. The second kappa shape index (κ2) is 4.93. The van der Waals surface area contributed by atoms with Crippen molar-refractivity contribution in [1.82, 2.24) is 15.1 Å². The molecule has 2 atom stereocenters. The fourth-order valence-electron chi connectivity index (χ4n) is 3.89. The predicted molar refractivity (Wildman–Crippen MR) is 77.9 cm³/mol. The van der Waals surface area contributed by atoms with Crippen LogP contribution in [0, 0.1) is 5.92 Å². The number of rotatable bonds is 2. The van der Waals surface area contributed by atoms with Crippen LogP contribution in [0.15, 0.2) is 24.3 Å². The van der Waals surface area contributed by atoms with Crippen LogP contribution in [0.1, 0.15) is 33.6 Å². The summed E-state index contributed by atoms with van der Waals surface area (Å²) in [6, 6.07) is 7.57. The lowest BCUT2D eigenvalue weighted by molar-refractivity contribution is 0.0384. The normalized spacial score (nSPS) is 28.9. The van der Waals surface area contributed by atoms with Crippen LogP contribution < -0.4 is 5.32 Å². The van der Waals surface area contributed by atoms with Crippen molar-refractivity contribution in [1.29, 1.82) is 0 Å². The molecule has 110 valence electrons. The van der Waals surface area contributed by atoms with Gasteiger partial charge in [0, 0.05) is 19.1 Å². The van der Waals surface area contributed by atoms with Crippen molar-refractivity contribution >= 4 is 11.8 Å². The van der Waals surface area contributed by atoms with Gasteiger partial charge in [0.1, 0.15) is 0 Å². The number of carbonyl (C=O) groups excluding carboxylic acids is 2. The number of likely N-dealkylation sites (tertiary alicyclic amines) is 1. The van der Waals surface area contributed by atoms with Crippen LogP contribution in [0.25, 0.3) is 0 Å². The molecule has 1 aromatic rings. The number of imide groups is 1. The van der Waals surface area contributed by atoms with Gasteiger partial charge < -0.3 is 5.32 Å². The van der Waals surface area contributed by atoms with Crippen molar-refractivity contribution in [3.8, 4) is 0 Å². The fraction of sp³-hybridized carbons (Fsp3) is 0.500. The Morgan fingerprint density at radius 2 is 1.81 bits per heavy atom. The Balaban J connectivity index is 1.56. The molecule has 0 aliphatic carbocycles. The van der Waals surface area contributed by atoms with Gasteiger partial charge in [-0.15, -0.1) is 0 Å². The number of nitrogens with one attached hydrogen (secondary N) is 1. The zero-order chi connectivity index (χ0) is 14.4. The van der Waals surface area contributed by atoms with Gasteiger partial charge in [0.15, 0.2) is 0 Å². The van der Waals surface area contributed by atoms with Crippen molar-refractivity contribution in [2.24, 2.45) is 5.92 Å². The number of nitrogens with zero attached hydrogens (tertiary/aromatic N) is 2. The lowest BCUT2D eigenvalue weighted by Crippen LogP contribution is -2.51. The molecule has 2 saturated heterocycles. The smallest absolute Gasteiger partial charge is 0.262 e. The topological polar surface area (TPSA) is 52.7 Å². The lowest BCUT2D eigenvalue weighted by Gasteiger charge is -2.38. The molecule has 5 nitrogen and oxygen atoms in total. The van der Waals surface area contributed by atoms with Crippen LogP contribution in [0.3, 0.4) is 0 Å². The molecule has 0 spiro atoms. The molecule has 2 amide bonds. The number of carbonyl (C=O) groups is 2. The van der Waals surface area contributed by atoms with Gasteiger partial charge in [-0.3, -0.25) is 19.4 Å². The molecule has 5 heteroatoms. The highest BCUT2D eigenvalue weighted by Gasteiger charge is 2.40. The van der Waals surface area contributed by atoms with Crippen molar-refractivity contribution in [2.75, 3.05) is 26.3 Å². The van der Waals surface area contributed by atoms with Crippen LogP contribution in [-0.4, -0.2) is 54.0 Å². The number of hydrogen-bond donors (Lipinski definition) is 1. The quantitative estimate of drug-likeness (QED) is 0.821. The zero-order valence-corrected chi connectivity index (χ0v) is 11.9. The van der Waals surface area contributed by atoms with Gasteiger partial charge in [-0.25, -0.2) is 0 Å². The summed E-state index contributed by atoms with van der Waals surface area (Å²) in [5.41, 5.74) is 1.08. The number of piperidine rings is 1. The van der Waals surface area contributed by atoms with Crippen molar-refractivity contribution < 1.29 is 9.59 Å². The van der Waals surface area contributed by atoms with Gasteiger partial charge in [-0.1, -0.05) is 12.1 Å². The average molecular weight is 285 g/mol. The molecule has 1 N–H and O–H groups in total. The van der Waals surface area contributed by atoms with E-state index in [4.69, 9.17) is 0 Å². The van der Waals surface area contributed by atoms with Crippen molar-refractivity contribution in [3.05, 3.63) is 35.4 Å². The molecule has 2 unspecified atom stereocenters. The minimum absolute atomic E-state index is 0.149. The molecule has 2 fully saturated rings. The molecule has 4 rings (SSSR count). The van der Waals surface area contributed by atoms with E-state index >= 15 is 0 Å². The molecule has 3 aliphatic heterocycles. The summed E-state index contributed by atoms with van der Waals surface area (Å²) in [6.07, 6.45) is 2.39. The Labute approximate surface area is 123 Å². The molecular weight excluding hydrogens is 266 g/mol. The van der Waals surface area contributed by atoms with E-state index in [1.807, 2.05) is 12.1 Å². The van der Waals surface area contributed by atoms with E-state index < -0.39 is 0 Å². The largest absolute Gasteiger partial charge is 0.315 e. The molecule has 3 aliphatic rings. The van der Waals surface area contributed by atoms with Gasteiger partial charge in [0.2, 0.25) is 0 Å². The molecule has 0 saturated carbocycles. The van der Waals surface area contributed by atoms with E-state index in [9.17, 15) is 9.59 Å². The minimum atomic E-state index is -0.149. The fourth-order valence-corrected chi connectivity index (χ4v) is 3.89. The Morgan fingerprint density at radius 3 is 2.52 bits per heavy atom. The monoisotopic (exact) mass is 285 g/mol. The molecule has 3 heterocycles. The highest BCUT2D eigenvalue weighted by molar-refractivity contribution is 6.21. The zero-order valence-electron chi connectivity index (χ0n) is 11.9. The summed E-state index contributed by atoms with van der Waals surface area (Å²) in [4.78, 5) is 28.6. The van der Waals surface area contributed by atoms with E-state index in [1.165, 1.54) is 11.3 Å². The van der Waals surface area contributed by atoms with E-state index in [2.05, 4.69) is 10.2 Å². The van der Waals surface area contributed by atoms with Crippen LogP contribution in [0.2, 0.25) is 0 Å². The predicted octanol–water partition coefficient (Wildman–Crippen LogP) is 0.924. The maximum Gasteiger partial charge on any atom is 0.262 e. The second-order valence-electron chi connectivity index (χ2n) is 6.17. The third-order valence-corrected chi connectivity index (χ3v) is 4.99. The van der Waals surface area contributed by atoms with E-state index in [-0.39, 0.29) is 11.8 Å². The molecule has 1 aromatic carbocycles. The highest BCUT2D eigenvalue weighted by atomic mass is 16.2. The molecule has 21 heavy (non-hydrogen) atoms. The van der Waals surface area contributed by atoms with Crippen molar-refractivity contribution in [2.45, 2.75) is 18.9 Å².